The van der Waals surface area contributed by atoms with Gasteiger partial charge in [0, 0.05) is 26.1 Å². The molecule has 0 atom stereocenters. The third-order valence-electron chi connectivity index (χ3n) is 4.16. The van der Waals surface area contributed by atoms with Crippen LogP contribution in [0.25, 0.3) is 11.0 Å². The van der Waals surface area contributed by atoms with Crippen molar-refractivity contribution in [3.05, 3.63) is 48.8 Å². The molecule has 1 aromatic heterocycles. The van der Waals surface area contributed by atoms with E-state index < -0.39 is 0 Å². The number of nitrogens with one attached hydrogen (secondary N) is 2. The van der Waals surface area contributed by atoms with E-state index >= 15 is 0 Å². The number of fused-ring (bicyclic) bond motifs is 1. The monoisotopic (exact) mass is 382 g/mol. The van der Waals surface area contributed by atoms with Crippen LogP contribution in [-0.4, -0.2) is 42.2 Å². The summed E-state index contributed by atoms with van der Waals surface area (Å²) in [6, 6.07) is 12.8. The van der Waals surface area contributed by atoms with Crippen molar-refractivity contribution in [3.63, 3.8) is 0 Å². The number of hydrogen-bond donors (Lipinski definition) is 2. The van der Waals surface area contributed by atoms with Gasteiger partial charge < -0.3 is 24.7 Å². The third kappa shape index (κ3) is 4.66. The molecule has 2 N–H and O–H groups in total. The lowest BCUT2D eigenvalue weighted by Crippen LogP contribution is -2.20. The fraction of sp³-hybridized carbons (Fsp3) is 0.250. The van der Waals surface area contributed by atoms with Crippen LogP contribution in [0.2, 0.25) is 0 Å². The van der Waals surface area contributed by atoms with E-state index in [-0.39, 0.29) is 24.8 Å². The van der Waals surface area contributed by atoms with Crippen molar-refractivity contribution in [3.8, 4) is 5.75 Å². The van der Waals surface area contributed by atoms with Crippen molar-refractivity contribution in [1.29, 1.82) is 0 Å². The van der Waals surface area contributed by atoms with E-state index in [0.29, 0.717) is 23.7 Å². The Hall–Kier alpha value is -3.39. The van der Waals surface area contributed by atoms with Gasteiger partial charge >= 0.3 is 0 Å². The fourth-order valence-corrected chi connectivity index (χ4v) is 2.80. The van der Waals surface area contributed by atoms with Gasteiger partial charge in [0.1, 0.15) is 12.4 Å². The second-order valence-corrected chi connectivity index (χ2v) is 6.12. The van der Waals surface area contributed by atoms with Crippen LogP contribution in [0.1, 0.15) is 6.42 Å². The van der Waals surface area contributed by atoms with E-state index in [2.05, 4.69) is 15.6 Å². The van der Waals surface area contributed by atoms with Crippen LogP contribution in [-0.2, 0) is 20.9 Å². The standard InChI is InChI=1S/C20H22N4O4/c1-27-12-20(26)22-15-8-7-14(28-2)11-17(15)23-19(25)9-10-24-13-21-16-5-3-4-6-18(16)24/h3-8,11,13H,9-10,12H2,1-2H3,(H,22,26)(H,23,25). The van der Waals surface area contributed by atoms with E-state index in [1.807, 2.05) is 28.8 Å². The zero-order chi connectivity index (χ0) is 19.9. The lowest BCUT2D eigenvalue weighted by Gasteiger charge is -2.14. The molecule has 2 amide bonds. The molecule has 1 heterocycles. The van der Waals surface area contributed by atoms with Gasteiger partial charge in [0.05, 0.1) is 35.8 Å². The van der Waals surface area contributed by atoms with Crippen LogP contribution < -0.4 is 15.4 Å². The highest BCUT2D eigenvalue weighted by molar-refractivity contribution is 6.00. The van der Waals surface area contributed by atoms with Gasteiger partial charge in [-0.25, -0.2) is 4.98 Å². The summed E-state index contributed by atoms with van der Waals surface area (Å²) in [5.74, 6) is 0.0713. The van der Waals surface area contributed by atoms with Crippen molar-refractivity contribution >= 4 is 34.2 Å². The molecule has 8 heteroatoms. The minimum absolute atomic E-state index is 0.0763. The highest BCUT2D eigenvalue weighted by Gasteiger charge is 2.12. The highest BCUT2D eigenvalue weighted by atomic mass is 16.5. The number of hydrogen-bond acceptors (Lipinski definition) is 5. The number of rotatable bonds is 8. The lowest BCUT2D eigenvalue weighted by atomic mass is 10.2. The molecular formula is C20H22N4O4. The zero-order valence-electron chi connectivity index (χ0n) is 15.8. The second kappa shape index (κ2) is 9.01. The number of nitrogens with zero attached hydrogens (tertiary/aromatic N) is 2. The zero-order valence-corrected chi connectivity index (χ0v) is 15.8. The SMILES string of the molecule is COCC(=O)Nc1ccc(OC)cc1NC(=O)CCn1cnc2ccccc21. The Morgan fingerprint density at radius 3 is 2.61 bits per heavy atom. The molecule has 0 spiro atoms. The van der Waals surface area contributed by atoms with Gasteiger partial charge in [-0.2, -0.15) is 0 Å². The molecule has 0 aliphatic carbocycles. The summed E-state index contributed by atoms with van der Waals surface area (Å²) in [7, 11) is 2.98. The van der Waals surface area contributed by atoms with Gasteiger partial charge in [-0.3, -0.25) is 9.59 Å². The molecule has 0 radical (unpaired) electrons. The van der Waals surface area contributed by atoms with Gasteiger partial charge in [-0.05, 0) is 24.3 Å². The largest absolute Gasteiger partial charge is 0.497 e. The molecule has 3 aromatic rings. The molecular weight excluding hydrogens is 360 g/mol. The van der Waals surface area contributed by atoms with Gasteiger partial charge in [0.15, 0.2) is 0 Å². The smallest absolute Gasteiger partial charge is 0.250 e. The maximum Gasteiger partial charge on any atom is 0.250 e. The predicted octanol–water partition coefficient (Wildman–Crippen LogP) is 2.66. The van der Waals surface area contributed by atoms with Crippen LogP contribution in [0.15, 0.2) is 48.8 Å². The van der Waals surface area contributed by atoms with Gasteiger partial charge in [0.2, 0.25) is 11.8 Å². The normalized spacial score (nSPS) is 10.6. The number of carbonyl (C=O) groups excluding carboxylic acids is 2. The average molecular weight is 382 g/mol. The number of amides is 2. The topological polar surface area (TPSA) is 94.5 Å². The summed E-state index contributed by atoms with van der Waals surface area (Å²) in [5.41, 5.74) is 2.80. The number of methoxy groups -OCH3 is 2. The number of anilines is 2. The molecule has 2 aromatic carbocycles. The second-order valence-electron chi connectivity index (χ2n) is 6.12. The van der Waals surface area contributed by atoms with Crippen LogP contribution in [0.3, 0.4) is 0 Å². The highest BCUT2D eigenvalue weighted by Crippen LogP contribution is 2.27. The van der Waals surface area contributed by atoms with Crippen LogP contribution in [0, 0.1) is 0 Å². The first kappa shape index (κ1) is 19.4. The summed E-state index contributed by atoms with van der Waals surface area (Å²) < 4.78 is 12.0. The molecule has 28 heavy (non-hydrogen) atoms. The lowest BCUT2D eigenvalue weighted by molar-refractivity contribution is -0.119. The van der Waals surface area contributed by atoms with Gasteiger partial charge in [-0.15, -0.1) is 0 Å². The number of benzene rings is 2. The Bertz CT molecular complexity index is 983. The molecule has 0 aliphatic heterocycles. The Morgan fingerprint density at radius 2 is 1.82 bits per heavy atom. The number of aromatic nitrogens is 2. The number of para-hydroxylation sites is 2. The Balaban J connectivity index is 1.69. The number of aryl methyl sites for hydroxylation is 1. The molecule has 0 bridgehead atoms. The first-order valence-corrected chi connectivity index (χ1v) is 8.77. The Morgan fingerprint density at radius 1 is 1.04 bits per heavy atom. The van der Waals surface area contributed by atoms with Gasteiger partial charge in [0.25, 0.3) is 0 Å². The molecule has 0 saturated carbocycles. The fourth-order valence-electron chi connectivity index (χ4n) is 2.80. The maximum atomic E-state index is 12.5. The molecule has 0 saturated heterocycles. The van der Waals surface area contributed by atoms with Crippen molar-refractivity contribution in [2.75, 3.05) is 31.5 Å². The number of ether oxygens (including phenoxy) is 2. The van der Waals surface area contributed by atoms with Gasteiger partial charge in [-0.1, -0.05) is 12.1 Å². The van der Waals surface area contributed by atoms with Crippen molar-refractivity contribution in [2.24, 2.45) is 0 Å². The van der Waals surface area contributed by atoms with E-state index in [0.717, 1.165) is 11.0 Å². The summed E-state index contributed by atoms with van der Waals surface area (Å²) in [4.78, 5) is 28.6. The molecule has 3 rings (SSSR count). The van der Waals surface area contributed by atoms with E-state index in [9.17, 15) is 9.59 Å². The van der Waals surface area contributed by atoms with Crippen LogP contribution in [0.4, 0.5) is 11.4 Å². The van der Waals surface area contributed by atoms with Crippen molar-refractivity contribution in [1.82, 2.24) is 9.55 Å². The minimum Gasteiger partial charge on any atom is -0.497 e. The van der Waals surface area contributed by atoms with E-state index in [1.165, 1.54) is 14.2 Å². The molecule has 0 unspecified atom stereocenters. The van der Waals surface area contributed by atoms with E-state index in [4.69, 9.17) is 9.47 Å². The van der Waals surface area contributed by atoms with E-state index in [1.54, 1.807) is 24.5 Å². The first-order chi connectivity index (χ1) is 13.6. The minimum atomic E-state index is -0.312. The molecule has 0 fully saturated rings. The van der Waals surface area contributed by atoms with Crippen molar-refractivity contribution < 1.29 is 19.1 Å². The first-order valence-electron chi connectivity index (χ1n) is 8.77. The van der Waals surface area contributed by atoms with Crippen LogP contribution in [0.5, 0.6) is 5.75 Å². The predicted molar refractivity (Wildman–Crippen MR) is 106 cm³/mol. The average Bonchev–Trinajstić information content (AvgIpc) is 3.11. The van der Waals surface area contributed by atoms with Crippen molar-refractivity contribution in [2.45, 2.75) is 13.0 Å². The molecule has 8 nitrogen and oxygen atoms in total. The Kier molecular flexibility index (Phi) is 6.23. The Labute approximate surface area is 162 Å². The number of carbonyl (C=O) groups is 2. The summed E-state index contributed by atoms with van der Waals surface area (Å²) in [6.07, 6.45) is 1.98. The third-order valence-corrected chi connectivity index (χ3v) is 4.16. The quantitative estimate of drug-likeness (QED) is 0.625. The molecule has 0 aliphatic rings. The molecule has 146 valence electrons. The van der Waals surface area contributed by atoms with Crippen LogP contribution >= 0.6 is 0 Å². The number of imidazole rings is 1. The summed E-state index contributed by atoms with van der Waals surface area (Å²) in [5, 5.41) is 5.55. The summed E-state index contributed by atoms with van der Waals surface area (Å²) >= 11 is 0. The maximum absolute atomic E-state index is 12.5. The summed E-state index contributed by atoms with van der Waals surface area (Å²) in [6.45, 7) is 0.412.